The van der Waals surface area contributed by atoms with Gasteiger partial charge in [0.2, 0.25) is 5.91 Å². The first-order valence-corrected chi connectivity index (χ1v) is 7.90. The van der Waals surface area contributed by atoms with Gasteiger partial charge in [-0.25, -0.2) is 0 Å². The predicted molar refractivity (Wildman–Crippen MR) is 80.3 cm³/mol. The van der Waals surface area contributed by atoms with Crippen LogP contribution in [-0.2, 0) is 10.2 Å². The summed E-state index contributed by atoms with van der Waals surface area (Å²) < 4.78 is 0. The van der Waals surface area contributed by atoms with E-state index < -0.39 is 0 Å². The lowest BCUT2D eigenvalue weighted by Crippen LogP contribution is -2.47. The Morgan fingerprint density at radius 1 is 1.47 bits per heavy atom. The molecular formula is C15H24N2OS. The van der Waals surface area contributed by atoms with Gasteiger partial charge in [-0.05, 0) is 24.3 Å². The van der Waals surface area contributed by atoms with Crippen LogP contribution in [0.15, 0.2) is 17.5 Å². The molecule has 4 heteroatoms. The van der Waals surface area contributed by atoms with Crippen LogP contribution in [0.3, 0.4) is 0 Å². The topological polar surface area (TPSA) is 55.1 Å². The molecule has 1 aromatic heterocycles. The third-order valence-electron chi connectivity index (χ3n) is 4.31. The fourth-order valence-electron chi connectivity index (χ4n) is 2.82. The van der Waals surface area contributed by atoms with Crippen molar-refractivity contribution in [3.63, 3.8) is 0 Å². The van der Waals surface area contributed by atoms with Crippen LogP contribution in [0.4, 0.5) is 0 Å². The fourth-order valence-corrected chi connectivity index (χ4v) is 3.67. The van der Waals surface area contributed by atoms with Crippen molar-refractivity contribution in [1.82, 2.24) is 5.32 Å². The van der Waals surface area contributed by atoms with Gasteiger partial charge in [-0.1, -0.05) is 32.8 Å². The van der Waals surface area contributed by atoms with Crippen LogP contribution in [0, 0.1) is 5.41 Å². The first-order chi connectivity index (χ1) is 9.00. The normalized spacial score (nSPS) is 18.5. The fraction of sp³-hybridized carbons (Fsp3) is 0.667. The van der Waals surface area contributed by atoms with Crippen molar-refractivity contribution in [2.75, 3.05) is 13.1 Å². The monoisotopic (exact) mass is 280 g/mol. The quantitative estimate of drug-likeness (QED) is 0.871. The van der Waals surface area contributed by atoms with E-state index in [0.717, 1.165) is 25.7 Å². The van der Waals surface area contributed by atoms with Gasteiger partial charge in [-0.15, -0.1) is 11.3 Å². The zero-order valence-electron chi connectivity index (χ0n) is 11.9. The molecule has 1 saturated carbocycles. The summed E-state index contributed by atoms with van der Waals surface area (Å²) in [4.78, 5) is 13.7. The maximum absolute atomic E-state index is 12.4. The molecule has 1 amide bonds. The Morgan fingerprint density at radius 3 is 2.68 bits per heavy atom. The lowest BCUT2D eigenvalue weighted by atomic mass is 9.84. The molecule has 2 rings (SSSR count). The molecule has 0 aromatic carbocycles. The molecule has 0 radical (unpaired) electrons. The predicted octanol–water partition coefficient (Wildman–Crippen LogP) is 2.66. The van der Waals surface area contributed by atoms with Gasteiger partial charge >= 0.3 is 0 Å². The number of carbonyl (C=O) groups excluding carboxylic acids is 1. The zero-order chi connectivity index (χ0) is 13.9. The van der Waals surface area contributed by atoms with Gasteiger partial charge < -0.3 is 11.1 Å². The zero-order valence-corrected chi connectivity index (χ0v) is 12.7. The minimum absolute atomic E-state index is 0.0157. The van der Waals surface area contributed by atoms with E-state index in [9.17, 15) is 4.79 Å². The highest BCUT2D eigenvalue weighted by molar-refractivity contribution is 7.10. The average molecular weight is 280 g/mol. The van der Waals surface area contributed by atoms with E-state index in [0.29, 0.717) is 13.1 Å². The second-order valence-electron chi connectivity index (χ2n) is 6.24. The summed E-state index contributed by atoms with van der Waals surface area (Å²) in [5.74, 6) is 0.150. The van der Waals surface area contributed by atoms with Crippen LogP contribution in [0.2, 0.25) is 0 Å². The van der Waals surface area contributed by atoms with E-state index in [1.54, 1.807) is 11.3 Å². The molecule has 0 unspecified atom stereocenters. The molecule has 106 valence electrons. The Labute approximate surface area is 119 Å². The summed E-state index contributed by atoms with van der Waals surface area (Å²) in [6.45, 7) is 5.48. The van der Waals surface area contributed by atoms with Crippen molar-refractivity contribution in [2.24, 2.45) is 11.1 Å². The van der Waals surface area contributed by atoms with Gasteiger partial charge in [0.1, 0.15) is 0 Å². The Morgan fingerprint density at radius 2 is 2.16 bits per heavy atom. The third-order valence-corrected chi connectivity index (χ3v) is 5.55. The second kappa shape index (κ2) is 5.63. The molecule has 3 N–H and O–H groups in total. The van der Waals surface area contributed by atoms with Crippen LogP contribution in [0.1, 0.15) is 44.4 Å². The van der Waals surface area contributed by atoms with Gasteiger partial charge in [-0.2, -0.15) is 0 Å². The number of amides is 1. The summed E-state index contributed by atoms with van der Waals surface area (Å²) in [5, 5.41) is 5.21. The van der Waals surface area contributed by atoms with Crippen molar-refractivity contribution in [3.05, 3.63) is 22.4 Å². The third kappa shape index (κ3) is 3.00. The summed E-state index contributed by atoms with van der Waals surface area (Å²) in [6, 6.07) is 4.19. The number of thiophene rings is 1. The Hall–Kier alpha value is -0.870. The smallest absolute Gasteiger partial charge is 0.227 e. The molecule has 0 bridgehead atoms. The van der Waals surface area contributed by atoms with Crippen molar-refractivity contribution in [3.8, 4) is 0 Å². The highest BCUT2D eigenvalue weighted by Gasteiger charge is 2.40. The van der Waals surface area contributed by atoms with Crippen molar-refractivity contribution >= 4 is 17.2 Å². The van der Waals surface area contributed by atoms with Crippen molar-refractivity contribution in [1.29, 1.82) is 0 Å². The SMILES string of the molecule is CC(C)(CNC(=O)C1(CN)CCCC1)c1cccs1. The molecule has 3 nitrogen and oxygen atoms in total. The minimum Gasteiger partial charge on any atom is -0.355 e. The summed E-state index contributed by atoms with van der Waals surface area (Å²) in [7, 11) is 0. The van der Waals surface area contributed by atoms with Crippen molar-refractivity contribution in [2.45, 2.75) is 44.9 Å². The van der Waals surface area contributed by atoms with E-state index in [-0.39, 0.29) is 16.7 Å². The van der Waals surface area contributed by atoms with E-state index in [2.05, 4.69) is 36.7 Å². The van der Waals surface area contributed by atoms with Crippen LogP contribution < -0.4 is 11.1 Å². The minimum atomic E-state index is -0.300. The molecule has 1 aromatic rings. The van der Waals surface area contributed by atoms with Gasteiger partial charge in [0.05, 0.1) is 5.41 Å². The van der Waals surface area contributed by atoms with Gasteiger partial charge in [0.15, 0.2) is 0 Å². The van der Waals surface area contributed by atoms with Crippen LogP contribution in [0.5, 0.6) is 0 Å². The van der Waals surface area contributed by atoms with Gasteiger partial charge in [0, 0.05) is 23.4 Å². The molecule has 1 aliphatic rings. The summed E-state index contributed by atoms with van der Waals surface area (Å²) in [5.41, 5.74) is 5.53. The maximum Gasteiger partial charge on any atom is 0.227 e. The highest BCUT2D eigenvalue weighted by Crippen LogP contribution is 2.37. The van der Waals surface area contributed by atoms with Crippen LogP contribution >= 0.6 is 11.3 Å². The molecule has 1 aliphatic carbocycles. The largest absolute Gasteiger partial charge is 0.355 e. The molecule has 1 fully saturated rings. The number of hydrogen-bond donors (Lipinski definition) is 2. The van der Waals surface area contributed by atoms with Crippen LogP contribution in [0.25, 0.3) is 0 Å². The van der Waals surface area contributed by atoms with Gasteiger partial charge in [0.25, 0.3) is 0 Å². The Balaban J connectivity index is 1.97. The number of nitrogens with two attached hydrogens (primary N) is 1. The van der Waals surface area contributed by atoms with E-state index >= 15 is 0 Å². The van der Waals surface area contributed by atoms with Crippen LogP contribution in [-0.4, -0.2) is 19.0 Å². The lowest BCUT2D eigenvalue weighted by Gasteiger charge is -2.29. The second-order valence-corrected chi connectivity index (χ2v) is 7.18. The standard InChI is InChI=1S/C15H24N2OS/c1-14(2,12-6-5-9-19-12)11-17-13(18)15(10-16)7-3-4-8-15/h5-6,9H,3-4,7-8,10-11,16H2,1-2H3,(H,17,18). The molecule has 0 atom stereocenters. The first kappa shape index (κ1) is 14.5. The number of nitrogens with one attached hydrogen (secondary N) is 1. The van der Waals surface area contributed by atoms with E-state index in [1.807, 2.05) is 0 Å². The lowest BCUT2D eigenvalue weighted by molar-refractivity contribution is -0.130. The average Bonchev–Trinajstić information content (AvgIpc) is 3.07. The van der Waals surface area contributed by atoms with Gasteiger partial charge in [-0.3, -0.25) is 4.79 Å². The molecule has 19 heavy (non-hydrogen) atoms. The number of hydrogen-bond acceptors (Lipinski definition) is 3. The highest BCUT2D eigenvalue weighted by atomic mass is 32.1. The Kier molecular flexibility index (Phi) is 4.31. The Bertz CT molecular complexity index is 419. The number of carbonyl (C=O) groups is 1. The first-order valence-electron chi connectivity index (χ1n) is 7.03. The van der Waals surface area contributed by atoms with E-state index in [1.165, 1.54) is 4.88 Å². The molecule has 0 aliphatic heterocycles. The summed E-state index contributed by atoms with van der Waals surface area (Å²) >= 11 is 1.74. The maximum atomic E-state index is 12.4. The molecule has 0 spiro atoms. The summed E-state index contributed by atoms with van der Waals surface area (Å²) in [6.07, 6.45) is 4.13. The molecular weight excluding hydrogens is 256 g/mol. The van der Waals surface area contributed by atoms with E-state index in [4.69, 9.17) is 5.73 Å². The molecule has 1 heterocycles. The molecule has 0 saturated heterocycles. The van der Waals surface area contributed by atoms with Crippen molar-refractivity contribution < 1.29 is 4.79 Å². The number of rotatable bonds is 5.